The summed E-state index contributed by atoms with van der Waals surface area (Å²) < 4.78 is 0. The summed E-state index contributed by atoms with van der Waals surface area (Å²) in [6.45, 7) is 0.612. The van der Waals surface area contributed by atoms with E-state index in [1.807, 2.05) is 24.3 Å². The summed E-state index contributed by atoms with van der Waals surface area (Å²) in [7, 11) is 0. The van der Waals surface area contributed by atoms with Crippen molar-refractivity contribution in [2.75, 3.05) is 6.54 Å². The highest BCUT2D eigenvalue weighted by Crippen LogP contribution is 2.21. The first-order valence-corrected chi connectivity index (χ1v) is 6.40. The maximum atomic E-state index is 5.44. The molecule has 4 N–H and O–H groups in total. The summed E-state index contributed by atoms with van der Waals surface area (Å²) in [5.41, 5.74) is 13.4. The lowest BCUT2D eigenvalue weighted by atomic mass is 9.92. The van der Waals surface area contributed by atoms with Gasteiger partial charge < -0.3 is 11.5 Å². The fraction of sp³-hybridized carbons (Fsp3) is 0.188. The van der Waals surface area contributed by atoms with E-state index in [-0.39, 0.29) is 5.96 Å². The number of rotatable bonds is 5. The quantitative estimate of drug-likeness (QED) is 0.634. The zero-order valence-electron chi connectivity index (χ0n) is 10.9. The Bertz CT molecular complexity index is 516. The fourth-order valence-corrected chi connectivity index (χ4v) is 2.13. The van der Waals surface area contributed by atoms with Gasteiger partial charge in [0.2, 0.25) is 0 Å². The van der Waals surface area contributed by atoms with Crippen LogP contribution in [0.5, 0.6) is 0 Å². The molecule has 0 unspecified atom stereocenters. The lowest BCUT2D eigenvalue weighted by Crippen LogP contribution is -2.24. The standard InChI is InChI=1S/C16H19N3/c17-16(18)19-12-15(14-9-5-2-6-10-14)11-13-7-3-1-4-8-13/h1-10,15H,11-12H2,(H4,17,18,19)/t15-/m1/s1. The van der Waals surface area contributed by atoms with E-state index in [9.17, 15) is 0 Å². The second kappa shape index (κ2) is 6.59. The van der Waals surface area contributed by atoms with Gasteiger partial charge in [0.05, 0.1) is 0 Å². The van der Waals surface area contributed by atoms with E-state index in [4.69, 9.17) is 11.5 Å². The smallest absolute Gasteiger partial charge is 0.185 e. The normalized spacial score (nSPS) is 11.8. The largest absolute Gasteiger partial charge is 0.370 e. The molecule has 0 aliphatic heterocycles. The van der Waals surface area contributed by atoms with Crippen LogP contribution in [0.4, 0.5) is 0 Å². The van der Waals surface area contributed by atoms with Gasteiger partial charge >= 0.3 is 0 Å². The number of hydrogen-bond acceptors (Lipinski definition) is 1. The predicted octanol–water partition coefficient (Wildman–Crippen LogP) is 2.29. The van der Waals surface area contributed by atoms with Crippen molar-refractivity contribution in [1.29, 1.82) is 0 Å². The molecule has 0 heterocycles. The Morgan fingerprint density at radius 2 is 1.47 bits per heavy atom. The average molecular weight is 253 g/mol. The van der Waals surface area contributed by atoms with Crippen LogP contribution in [0.1, 0.15) is 17.0 Å². The van der Waals surface area contributed by atoms with Gasteiger partial charge in [0.1, 0.15) is 0 Å². The van der Waals surface area contributed by atoms with Crippen LogP contribution in [0.15, 0.2) is 65.7 Å². The average Bonchev–Trinajstić information content (AvgIpc) is 2.45. The van der Waals surface area contributed by atoms with Crippen LogP contribution in [0.25, 0.3) is 0 Å². The van der Waals surface area contributed by atoms with Gasteiger partial charge in [-0.05, 0) is 17.5 Å². The van der Waals surface area contributed by atoms with Gasteiger partial charge in [-0.2, -0.15) is 0 Å². The van der Waals surface area contributed by atoms with Crippen molar-refractivity contribution in [3.63, 3.8) is 0 Å². The fourth-order valence-electron chi connectivity index (χ4n) is 2.13. The molecule has 0 amide bonds. The third-order valence-electron chi connectivity index (χ3n) is 3.09. The Hall–Kier alpha value is -2.29. The molecule has 0 saturated heterocycles. The highest BCUT2D eigenvalue weighted by atomic mass is 15.0. The molecule has 0 aromatic heterocycles. The zero-order valence-corrected chi connectivity index (χ0v) is 10.9. The van der Waals surface area contributed by atoms with E-state index in [0.717, 1.165) is 6.42 Å². The first kappa shape index (κ1) is 13.1. The van der Waals surface area contributed by atoms with Gasteiger partial charge in [-0.3, -0.25) is 4.99 Å². The molecule has 19 heavy (non-hydrogen) atoms. The van der Waals surface area contributed by atoms with E-state index >= 15 is 0 Å². The number of benzene rings is 2. The Balaban J connectivity index is 2.17. The molecule has 0 saturated carbocycles. The topological polar surface area (TPSA) is 64.4 Å². The van der Waals surface area contributed by atoms with Crippen LogP contribution in [-0.4, -0.2) is 12.5 Å². The molecule has 0 bridgehead atoms. The maximum Gasteiger partial charge on any atom is 0.185 e. The lowest BCUT2D eigenvalue weighted by Gasteiger charge is -2.15. The summed E-state index contributed by atoms with van der Waals surface area (Å²) in [5.74, 6) is 0.444. The summed E-state index contributed by atoms with van der Waals surface area (Å²) in [6.07, 6.45) is 0.932. The molecule has 0 radical (unpaired) electrons. The molecule has 2 aromatic rings. The van der Waals surface area contributed by atoms with Gasteiger partial charge in [0, 0.05) is 12.5 Å². The van der Waals surface area contributed by atoms with Crippen molar-refractivity contribution in [2.45, 2.75) is 12.3 Å². The molecule has 0 aliphatic rings. The first-order valence-electron chi connectivity index (χ1n) is 6.40. The van der Waals surface area contributed by atoms with E-state index in [2.05, 4.69) is 41.4 Å². The number of hydrogen-bond donors (Lipinski definition) is 2. The van der Waals surface area contributed by atoms with Crippen molar-refractivity contribution < 1.29 is 0 Å². The van der Waals surface area contributed by atoms with Crippen molar-refractivity contribution in [3.05, 3.63) is 71.8 Å². The Morgan fingerprint density at radius 3 is 2.05 bits per heavy atom. The van der Waals surface area contributed by atoms with Crippen molar-refractivity contribution in [1.82, 2.24) is 0 Å². The molecule has 98 valence electrons. The third-order valence-corrected chi connectivity index (χ3v) is 3.09. The second-order valence-corrected chi connectivity index (χ2v) is 4.56. The summed E-state index contributed by atoms with van der Waals surface area (Å²) in [5, 5.41) is 0. The highest BCUT2D eigenvalue weighted by molar-refractivity contribution is 5.75. The summed E-state index contributed by atoms with van der Waals surface area (Å²) >= 11 is 0. The molecular formula is C16H19N3. The lowest BCUT2D eigenvalue weighted by molar-refractivity contribution is 0.694. The van der Waals surface area contributed by atoms with E-state index in [0.29, 0.717) is 12.5 Å². The third kappa shape index (κ3) is 4.14. The molecule has 3 heteroatoms. The molecular weight excluding hydrogens is 234 g/mol. The number of nitrogens with zero attached hydrogens (tertiary/aromatic N) is 1. The number of nitrogens with two attached hydrogens (primary N) is 2. The van der Waals surface area contributed by atoms with Gasteiger partial charge in [-0.15, -0.1) is 0 Å². The minimum atomic E-state index is 0.147. The summed E-state index contributed by atoms with van der Waals surface area (Å²) in [4.78, 5) is 4.17. The Morgan fingerprint density at radius 1 is 0.895 bits per heavy atom. The van der Waals surface area contributed by atoms with Crippen LogP contribution in [0.2, 0.25) is 0 Å². The van der Waals surface area contributed by atoms with Crippen molar-refractivity contribution >= 4 is 5.96 Å². The van der Waals surface area contributed by atoms with Gasteiger partial charge in [0.15, 0.2) is 5.96 Å². The molecule has 3 nitrogen and oxygen atoms in total. The van der Waals surface area contributed by atoms with Gasteiger partial charge in [-0.1, -0.05) is 60.7 Å². The van der Waals surface area contributed by atoms with Gasteiger partial charge in [0.25, 0.3) is 0 Å². The monoisotopic (exact) mass is 253 g/mol. The first-order chi connectivity index (χ1) is 9.25. The summed E-state index contributed by atoms with van der Waals surface area (Å²) in [6, 6.07) is 20.7. The van der Waals surface area contributed by atoms with Crippen molar-refractivity contribution in [2.24, 2.45) is 16.5 Å². The molecule has 0 fully saturated rings. The molecule has 1 atom stereocenters. The zero-order chi connectivity index (χ0) is 13.5. The SMILES string of the molecule is NC(N)=NC[C@@H](Cc1ccccc1)c1ccccc1. The highest BCUT2D eigenvalue weighted by Gasteiger charge is 2.11. The van der Waals surface area contributed by atoms with Crippen LogP contribution >= 0.6 is 0 Å². The predicted molar refractivity (Wildman–Crippen MR) is 80.0 cm³/mol. The van der Waals surface area contributed by atoms with Crippen molar-refractivity contribution in [3.8, 4) is 0 Å². The Labute approximate surface area is 114 Å². The van der Waals surface area contributed by atoms with E-state index in [1.54, 1.807) is 0 Å². The molecule has 0 aliphatic carbocycles. The van der Waals surface area contributed by atoms with Crippen LogP contribution < -0.4 is 11.5 Å². The number of guanidine groups is 1. The minimum absolute atomic E-state index is 0.147. The van der Waals surface area contributed by atoms with E-state index < -0.39 is 0 Å². The Kier molecular flexibility index (Phi) is 4.56. The maximum absolute atomic E-state index is 5.44. The van der Waals surface area contributed by atoms with Crippen LogP contribution in [0, 0.1) is 0 Å². The minimum Gasteiger partial charge on any atom is -0.370 e. The van der Waals surface area contributed by atoms with Gasteiger partial charge in [-0.25, -0.2) is 0 Å². The second-order valence-electron chi connectivity index (χ2n) is 4.56. The van der Waals surface area contributed by atoms with E-state index in [1.165, 1.54) is 11.1 Å². The molecule has 0 spiro atoms. The molecule has 2 rings (SSSR count). The van der Waals surface area contributed by atoms with Crippen LogP contribution in [0.3, 0.4) is 0 Å². The number of aliphatic imine (C=N–C) groups is 1. The van der Waals surface area contributed by atoms with Crippen LogP contribution in [-0.2, 0) is 6.42 Å². The molecule has 2 aromatic carbocycles.